The molecular weight excluding hydrogens is 283 g/mol. The van der Waals surface area contributed by atoms with Crippen molar-refractivity contribution in [1.29, 1.82) is 0 Å². The van der Waals surface area contributed by atoms with Crippen LogP contribution in [0.4, 0.5) is 0 Å². The number of rotatable bonds is 4. The molecular formula is C13H19I. The Bertz CT molecular complexity index is 261. The van der Waals surface area contributed by atoms with Crippen molar-refractivity contribution in [1.82, 2.24) is 0 Å². The van der Waals surface area contributed by atoms with E-state index in [0.29, 0.717) is 0 Å². The Kier molecular flexibility index (Phi) is 4.93. The second kappa shape index (κ2) is 5.74. The van der Waals surface area contributed by atoms with Gasteiger partial charge in [-0.15, -0.1) is 0 Å². The zero-order valence-corrected chi connectivity index (χ0v) is 11.4. The molecule has 0 N–H and O–H groups in total. The maximum Gasteiger partial charge on any atom is 0.0130 e. The van der Waals surface area contributed by atoms with Crippen LogP contribution in [0, 0.1) is 9.49 Å². The van der Waals surface area contributed by atoms with Gasteiger partial charge in [-0.3, -0.25) is 0 Å². The van der Waals surface area contributed by atoms with E-state index in [0.717, 1.165) is 11.8 Å². The van der Waals surface area contributed by atoms with Gasteiger partial charge in [-0.05, 0) is 58.5 Å². The Hall–Kier alpha value is -0.0500. The van der Waals surface area contributed by atoms with Crippen molar-refractivity contribution >= 4 is 22.6 Å². The summed E-state index contributed by atoms with van der Waals surface area (Å²) in [5.74, 6) is 1.48. The molecule has 0 spiro atoms. The third-order valence-electron chi connectivity index (χ3n) is 2.70. The predicted molar refractivity (Wildman–Crippen MR) is 71.6 cm³/mol. The van der Waals surface area contributed by atoms with E-state index in [2.05, 4.69) is 67.6 Å². The molecule has 1 atom stereocenters. The molecule has 14 heavy (non-hydrogen) atoms. The van der Waals surface area contributed by atoms with Gasteiger partial charge in [0.25, 0.3) is 0 Å². The molecule has 0 aliphatic rings. The first-order chi connectivity index (χ1) is 6.65. The van der Waals surface area contributed by atoms with Gasteiger partial charge >= 0.3 is 0 Å². The largest absolute Gasteiger partial charge is 0.0654 e. The molecule has 1 heteroatoms. The third kappa shape index (κ3) is 3.26. The van der Waals surface area contributed by atoms with Crippen molar-refractivity contribution in [2.75, 3.05) is 0 Å². The molecule has 1 aromatic carbocycles. The second-order valence-electron chi connectivity index (χ2n) is 4.19. The van der Waals surface area contributed by atoms with Gasteiger partial charge in [-0.1, -0.05) is 39.3 Å². The maximum absolute atomic E-state index is 2.36. The summed E-state index contributed by atoms with van der Waals surface area (Å²) in [4.78, 5) is 0. The van der Waals surface area contributed by atoms with Crippen LogP contribution in [0.1, 0.15) is 45.1 Å². The van der Waals surface area contributed by atoms with Gasteiger partial charge in [0.15, 0.2) is 0 Å². The lowest BCUT2D eigenvalue weighted by atomic mass is 9.85. The fourth-order valence-corrected chi connectivity index (χ4v) is 2.27. The molecule has 0 amide bonds. The first kappa shape index (κ1) is 12.0. The highest BCUT2D eigenvalue weighted by atomic mass is 127. The summed E-state index contributed by atoms with van der Waals surface area (Å²) in [7, 11) is 0. The number of hydrogen-bond donors (Lipinski definition) is 0. The molecule has 0 aromatic heterocycles. The smallest absolute Gasteiger partial charge is 0.0130 e. The monoisotopic (exact) mass is 302 g/mol. The van der Waals surface area contributed by atoms with Crippen molar-refractivity contribution in [3.8, 4) is 0 Å². The van der Waals surface area contributed by atoms with Crippen LogP contribution in [0.25, 0.3) is 0 Å². The van der Waals surface area contributed by atoms with E-state index < -0.39 is 0 Å². The molecule has 1 rings (SSSR count). The van der Waals surface area contributed by atoms with E-state index >= 15 is 0 Å². The zero-order valence-electron chi connectivity index (χ0n) is 9.26. The Balaban J connectivity index is 2.82. The molecule has 0 heterocycles. The van der Waals surface area contributed by atoms with Crippen LogP contribution in [-0.4, -0.2) is 0 Å². The zero-order chi connectivity index (χ0) is 10.6. The Morgan fingerprint density at radius 1 is 1.14 bits per heavy atom. The molecule has 0 aliphatic heterocycles. The van der Waals surface area contributed by atoms with E-state index in [1.165, 1.54) is 22.0 Å². The van der Waals surface area contributed by atoms with Crippen LogP contribution in [0.15, 0.2) is 24.3 Å². The van der Waals surface area contributed by atoms with Crippen LogP contribution in [0.5, 0.6) is 0 Å². The van der Waals surface area contributed by atoms with Crippen LogP contribution >= 0.6 is 22.6 Å². The summed E-state index contributed by atoms with van der Waals surface area (Å²) in [6.07, 6.45) is 2.58. The molecule has 0 nitrogen and oxygen atoms in total. The van der Waals surface area contributed by atoms with E-state index in [1.54, 1.807) is 0 Å². The second-order valence-corrected chi connectivity index (χ2v) is 5.44. The molecule has 0 radical (unpaired) electrons. The predicted octanol–water partition coefficient (Wildman–Crippen LogP) is 4.83. The van der Waals surface area contributed by atoms with Crippen molar-refractivity contribution in [2.45, 2.75) is 39.5 Å². The van der Waals surface area contributed by atoms with Crippen LogP contribution in [-0.2, 0) is 0 Å². The lowest BCUT2D eigenvalue weighted by Crippen LogP contribution is -2.06. The van der Waals surface area contributed by atoms with Gasteiger partial charge in [-0.2, -0.15) is 0 Å². The van der Waals surface area contributed by atoms with E-state index in [4.69, 9.17) is 0 Å². The first-order valence-corrected chi connectivity index (χ1v) is 6.48. The van der Waals surface area contributed by atoms with Gasteiger partial charge in [0.05, 0.1) is 0 Å². The fourth-order valence-electron chi connectivity index (χ4n) is 1.91. The van der Waals surface area contributed by atoms with Gasteiger partial charge in [0.2, 0.25) is 0 Å². The minimum Gasteiger partial charge on any atom is -0.0654 e. The topological polar surface area (TPSA) is 0 Å². The Morgan fingerprint density at radius 2 is 1.71 bits per heavy atom. The molecule has 78 valence electrons. The SMILES string of the molecule is CCCC(c1ccc(I)cc1)C(C)C. The van der Waals surface area contributed by atoms with E-state index in [9.17, 15) is 0 Å². The average Bonchev–Trinajstić information content (AvgIpc) is 2.15. The molecule has 1 aromatic rings. The molecule has 0 aliphatic carbocycles. The summed E-state index contributed by atoms with van der Waals surface area (Å²) >= 11 is 2.36. The van der Waals surface area contributed by atoms with Crippen molar-refractivity contribution in [2.24, 2.45) is 5.92 Å². The average molecular weight is 302 g/mol. The van der Waals surface area contributed by atoms with Crippen LogP contribution in [0.2, 0.25) is 0 Å². The standard InChI is InChI=1S/C13H19I/c1-4-5-13(10(2)3)11-6-8-12(14)9-7-11/h6-10,13H,4-5H2,1-3H3. The summed E-state index contributed by atoms with van der Waals surface area (Å²) < 4.78 is 1.32. The third-order valence-corrected chi connectivity index (χ3v) is 3.42. The van der Waals surface area contributed by atoms with Gasteiger partial charge in [-0.25, -0.2) is 0 Å². The Labute approximate surface area is 101 Å². The highest BCUT2D eigenvalue weighted by Gasteiger charge is 2.14. The van der Waals surface area contributed by atoms with Gasteiger partial charge < -0.3 is 0 Å². The number of benzene rings is 1. The normalized spacial score (nSPS) is 13.2. The van der Waals surface area contributed by atoms with Crippen molar-refractivity contribution < 1.29 is 0 Å². The summed E-state index contributed by atoms with van der Waals surface area (Å²) in [6, 6.07) is 8.98. The van der Waals surface area contributed by atoms with Crippen LogP contribution in [0.3, 0.4) is 0 Å². The van der Waals surface area contributed by atoms with Crippen molar-refractivity contribution in [3.05, 3.63) is 33.4 Å². The minimum absolute atomic E-state index is 0.733. The first-order valence-electron chi connectivity index (χ1n) is 5.40. The summed E-state index contributed by atoms with van der Waals surface area (Å²) in [5, 5.41) is 0. The molecule has 0 bridgehead atoms. The summed E-state index contributed by atoms with van der Waals surface area (Å²) in [5.41, 5.74) is 1.50. The highest BCUT2D eigenvalue weighted by Crippen LogP contribution is 2.29. The molecule has 1 unspecified atom stereocenters. The van der Waals surface area contributed by atoms with Gasteiger partial charge in [0, 0.05) is 3.57 Å². The highest BCUT2D eigenvalue weighted by molar-refractivity contribution is 14.1. The van der Waals surface area contributed by atoms with E-state index in [1.807, 2.05) is 0 Å². The maximum atomic E-state index is 2.36. The lowest BCUT2D eigenvalue weighted by Gasteiger charge is -2.20. The Morgan fingerprint density at radius 3 is 2.14 bits per heavy atom. The minimum atomic E-state index is 0.733. The summed E-state index contributed by atoms with van der Waals surface area (Å²) in [6.45, 7) is 6.90. The molecule has 0 saturated heterocycles. The molecule has 0 fully saturated rings. The fraction of sp³-hybridized carbons (Fsp3) is 0.538. The van der Waals surface area contributed by atoms with Crippen LogP contribution < -0.4 is 0 Å². The number of halogens is 1. The molecule has 0 saturated carbocycles. The lowest BCUT2D eigenvalue weighted by molar-refractivity contribution is 0.463. The number of hydrogen-bond acceptors (Lipinski definition) is 0. The van der Waals surface area contributed by atoms with Gasteiger partial charge in [0.1, 0.15) is 0 Å². The van der Waals surface area contributed by atoms with Crippen molar-refractivity contribution in [3.63, 3.8) is 0 Å². The van der Waals surface area contributed by atoms with E-state index in [-0.39, 0.29) is 0 Å². The quantitative estimate of drug-likeness (QED) is 0.699.